The summed E-state index contributed by atoms with van der Waals surface area (Å²) in [6.07, 6.45) is 4.86. The van der Waals surface area contributed by atoms with Gasteiger partial charge in [-0.3, -0.25) is 4.79 Å². The second-order valence-corrected chi connectivity index (χ2v) is 6.43. The van der Waals surface area contributed by atoms with E-state index in [1.807, 2.05) is 17.5 Å². The summed E-state index contributed by atoms with van der Waals surface area (Å²) in [6.45, 7) is 2.61. The quantitative estimate of drug-likeness (QED) is 0.696. The molecule has 0 aliphatic carbocycles. The van der Waals surface area contributed by atoms with Crippen molar-refractivity contribution < 1.29 is 9.32 Å². The number of hydrogen-bond donors (Lipinski definition) is 2. The predicted octanol–water partition coefficient (Wildman–Crippen LogP) is 2.75. The molecule has 2 aromatic rings. The highest BCUT2D eigenvalue weighted by Gasteiger charge is 2.12. The Kier molecular flexibility index (Phi) is 7.22. The van der Waals surface area contributed by atoms with Crippen molar-refractivity contribution in [3.63, 3.8) is 0 Å². The van der Waals surface area contributed by atoms with Gasteiger partial charge in [-0.15, -0.1) is 11.3 Å². The molecule has 2 rings (SSSR count). The van der Waals surface area contributed by atoms with Crippen molar-refractivity contribution in [1.29, 1.82) is 0 Å². The Morgan fingerprint density at radius 1 is 1.48 bits per heavy atom. The van der Waals surface area contributed by atoms with E-state index in [4.69, 9.17) is 10.3 Å². The number of nitrogens with one attached hydrogen (secondary N) is 1. The number of nitrogens with zero attached hydrogens (tertiary/aromatic N) is 2. The number of aryl methyl sites for hydroxylation is 1. The number of nitrogens with two attached hydrogens (primary N) is 1. The van der Waals surface area contributed by atoms with Crippen LogP contribution in [0.15, 0.2) is 22.0 Å². The number of rotatable bonds is 10. The molecule has 0 radical (unpaired) electrons. The van der Waals surface area contributed by atoms with Gasteiger partial charge >= 0.3 is 0 Å². The molecule has 1 unspecified atom stereocenters. The van der Waals surface area contributed by atoms with Crippen LogP contribution in [0.3, 0.4) is 0 Å². The smallest absolute Gasteiger partial charge is 0.226 e. The number of unbranched alkanes of at least 4 members (excludes halogenated alkanes) is 1. The van der Waals surface area contributed by atoms with E-state index < -0.39 is 0 Å². The van der Waals surface area contributed by atoms with Crippen molar-refractivity contribution in [2.24, 2.45) is 5.73 Å². The highest BCUT2D eigenvalue weighted by atomic mass is 32.1. The van der Waals surface area contributed by atoms with Gasteiger partial charge in [-0.25, -0.2) is 0 Å². The van der Waals surface area contributed by atoms with E-state index in [0.29, 0.717) is 37.5 Å². The number of hydrogen-bond acceptors (Lipinski definition) is 6. The Balaban J connectivity index is 1.71. The molecule has 0 bridgehead atoms. The van der Waals surface area contributed by atoms with Gasteiger partial charge in [-0.2, -0.15) is 4.98 Å². The molecule has 0 spiro atoms. The highest BCUT2D eigenvalue weighted by molar-refractivity contribution is 7.13. The third-order valence-corrected chi connectivity index (χ3v) is 4.43. The van der Waals surface area contributed by atoms with Crippen LogP contribution in [0, 0.1) is 0 Å². The molecule has 6 nitrogen and oxygen atoms in total. The summed E-state index contributed by atoms with van der Waals surface area (Å²) in [4.78, 5) is 17.3. The first-order valence-corrected chi connectivity index (χ1v) is 8.96. The fourth-order valence-corrected chi connectivity index (χ4v) is 2.91. The lowest BCUT2D eigenvalue weighted by atomic mass is 10.1. The SMILES string of the molecule is CCCCC(CN)NC(=O)CCCc1nc(-c2cccs2)no1. The third kappa shape index (κ3) is 5.76. The summed E-state index contributed by atoms with van der Waals surface area (Å²) >= 11 is 1.57. The van der Waals surface area contributed by atoms with Gasteiger partial charge in [0.25, 0.3) is 0 Å². The van der Waals surface area contributed by atoms with Gasteiger partial charge in [0, 0.05) is 25.4 Å². The third-order valence-electron chi connectivity index (χ3n) is 3.56. The molecule has 126 valence electrons. The minimum absolute atomic E-state index is 0.0366. The minimum atomic E-state index is 0.0366. The Bertz CT molecular complexity index is 583. The van der Waals surface area contributed by atoms with Crippen LogP contribution in [-0.4, -0.2) is 28.6 Å². The maximum Gasteiger partial charge on any atom is 0.226 e. The number of carbonyl (C=O) groups is 1. The zero-order valence-electron chi connectivity index (χ0n) is 13.5. The molecule has 0 saturated carbocycles. The van der Waals surface area contributed by atoms with Gasteiger partial charge in [0.15, 0.2) is 0 Å². The van der Waals surface area contributed by atoms with Crippen molar-refractivity contribution >= 4 is 17.2 Å². The molecule has 0 saturated heterocycles. The lowest BCUT2D eigenvalue weighted by Crippen LogP contribution is -2.40. The molecule has 0 aromatic carbocycles. The first-order chi connectivity index (χ1) is 11.2. The van der Waals surface area contributed by atoms with Crippen LogP contribution in [0.25, 0.3) is 10.7 Å². The predicted molar refractivity (Wildman–Crippen MR) is 91.1 cm³/mol. The molecule has 1 atom stereocenters. The Morgan fingerprint density at radius 3 is 3.04 bits per heavy atom. The van der Waals surface area contributed by atoms with Crippen LogP contribution in [0.4, 0.5) is 0 Å². The van der Waals surface area contributed by atoms with Gasteiger partial charge in [-0.05, 0) is 24.3 Å². The zero-order valence-corrected chi connectivity index (χ0v) is 14.3. The van der Waals surface area contributed by atoms with Crippen molar-refractivity contribution in [3.05, 3.63) is 23.4 Å². The maximum absolute atomic E-state index is 11.9. The van der Waals surface area contributed by atoms with Crippen LogP contribution in [0.2, 0.25) is 0 Å². The fourth-order valence-electron chi connectivity index (χ4n) is 2.26. The van der Waals surface area contributed by atoms with Crippen molar-refractivity contribution in [1.82, 2.24) is 15.5 Å². The fraction of sp³-hybridized carbons (Fsp3) is 0.562. The van der Waals surface area contributed by atoms with E-state index in [1.165, 1.54) is 0 Å². The van der Waals surface area contributed by atoms with Crippen molar-refractivity contribution in [2.75, 3.05) is 6.54 Å². The second-order valence-electron chi connectivity index (χ2n) is 5.48. The van der Waals surface area contributed by atoms with Crippen LogP contribution < -0.4 is 11.1 Å². The minimum Gasteiger partial charge on any atom is -0.352 e. The summed E-state index contributed by atoms with van der Waals surface area (Å²) in [5.41, 5.74) is 5.68. The first-order valence-electron chi connectivity index (χ1n) is 8.08. The summed E-state index contributed by atoms with van der Waals surface area (Å²) in [5.74, 6) is 1.22. The molecule has 2 aromatic heterocycles. The van der Waals surface area contributed by atoms with Crippen LogP contribution in [0.5, 0.6) is 0 Å². The van der Waals surface area contributed by atoms with Gasteiger partial charge in [0.05, 0.1) is 4.88 Å². The Hall–Kier alpha value is -1.73. The Morgan fingerprint density at radius 2 is 2.35 bits per heavy atom. The number of amides is 1. The topological polar surface area (TPSA) is 94.0 Å². The molecule has 0 aliphatic heterocycles. The lowest BCUT2D eigenvalue weighted by Gasteiger charge is -2.16. The monoisotopic (exact) mass is 336 g/mol. The van der Waals surface area contributed by atoms with Gasteiger partial charge < -0.3 is 15.6 Å². The average Bonchev–Trinajstić information content (AvgIpc) is 3.22. The molecule has 1 amide bonds. The zero-order chi connectivity index (χ0) is 16.5. The van der Waals surface area contributed by atoms with Crippen molar-refractivity contribution in [3.8, 4) is 10.7 Å². The largest absolute Gasteiger partial charge is 0.352 e. The van der Waals surface area contributed by atoms with E-state index in [2.05, 4.69) is 22.4 Å². The van der Waals surface area contributed by atoms with E-state index in [1.54, 1.807) is 11.3 Å². The van der Waals surface area contributed by atoms with Crippen molar-refractivity contribution in [2.45, 2.75) is 51.5 Å². The molecule has 7 heteroatoms. The van der Waals surface area contributed by atoms with Gasteiger partial charge in [0.2, 0.25) is 17.6 Å². The normalized spacial score (nSPS) is 12.3. The first kappa shape index (κ1) is 17.6. The number of aromatic nitrogens is 2. The van der Waals surface area contributed by atoms with E-state index >= 15 is 0 Å². The molecule has 2 heterocycles. The van der Waals surface area contributed by atoms with Crippen LogP contribution >= 0.6 is 11.3 Å². The molecule has 0 fully saturated rings. The second kappa shape index (κ2) is 9.42. The number of thiophene rings is 1. The van der Waals surface area contributed by atoms with Crippen LogP contribution in [-0.2, 0) is 11.2 Å². The average molecular weight is 336 g/mol. The summed E-state index contributed by atoms with van der Waals surface area (Å²) in [5, 5.41) is 8.92. The standard InChI is InChI=1S/C16H24N4O2S/c1-2-3-6-12(11-17)18-14(21)8-4-9-15-19-16(20-22-15)13-7-5-10-23-13/h5,7,10,12H,2-4,6,8-9,11,17H2,1H3,(H,18,21). The molecule has 3 N–H and O–H groups in total. The summed E-state index contributed by atoms with van der Waals surface area (Å²) < 4.78 is 5.22. The van der Waals surface area contributed by atoms with E-state index in [9.17, 15) is 4.79 Å². The maximum atomic E-state index is 11.9. The summed E-state index contributed by atoms with van der Waals surface area (Å²) in [7, 11) is 0. The van der Waals surface area contributed by atoms with E-state index in [0.717, 1.165) is 24.1 Å². The van der Waals surface area contributed by atoms with Crippen LogP contribution in [0.1, 0.15) is 44.9 Å². The molecular weight excluding hydrogens is 312 g/mol. The van der Waals surface area contributed by atoms with E-state index in [-0.39, 0.29) is 11.9 Å². The lowest BCUT2D eigenvalue weighted by molar-refractivity contribution is -0.121. The highest BCUT2D eigenvalue weighted by Crippen LogP contribution is 2.21. The molecular formula is C16H24N4O2S. The van der Waals surface area contributed by atoms with Gasteiger partial charge in [0.1, 0.15) is 0 Å². The van der Waals surface area contributed by atoms with Gasteiger partial charge in [-0.1, -0.05) is 31.0 Å². The molecule has 0 aliphatic rings. The Labute approximate surface area is 140 Å². The number of carbonyl (C=O) groups excluding carboxylic acids is 1. The summed E-state index contributed by atoms with van der Waals surface area (Å²) in [6, 6.07) is 3.99. The molecule has 23 heavy (non-hydrogen) atoms.